The molecule has 0 heterocycles. The van der Waals surface area contributed by atoms with Crippen molar-refractivity contribution in [2.75, 3.05) is 20.2 Å². The van der Waals surface area contributed by atoms with E-state index in [1.807, 2.05) is 0 Å². The van der Waals surface area contributed by atoms with Crippen LogP contribution in [0.5, 0.6) is 0 Å². The maximum absolute atomic E-state index is 12.0. The number of rotatable bonds is 7. The molecule has 1 rings (SSSR count). The third-order valence-corrected chi connectivity index (χ3v) is 3.15. The van der Waals surface area contributed by atoms with Crippen LogP contribution in [0, 0.1) is 0 Å². The largest absolute Gasteiger partial charge is 0.394 e. The van der Waals surface area contributed by atoms with Crippen molar-refractivity contribution in [1.29, 1.82) is 0 Å². The third kappa shape index (κ3) is 4.76. The minimum absolute atomic E-state index is 0.232. The van der Waals surface area contributed by atoms with Gasteiger partial charge in [0.25, 0.3) is 5.91 Å². The van der Waals surface area contributed by atoms with Crippen molar-refractivity contribution < 1.29 is 30.3 Å². The Kier molecular flexibility index (Phi) is 6.73. The number of aliphatic hydroxyl groups is 5. The zero-order chi connectivity index (χ0) is 16.0. The SMILES string of the molecule is CN(C[C@H](O)[C@@H](O)[C@H](O)[C@H](O)CO)C(=O)c1ccccc1. The molecule has 1 aromatic rings. The standard InChI is InChI=1S/C14H21NO6/c1-15(14(21)9-5-3-2-4-6-9)7-10(17)12(19)13(20)11(18)8-16/h2-6,10-13,16-20H,7-8H2,1H3/t10-,11+,12+,13+/m0/s1. The third-order valence-electron chi connectivity index (χ3n) is 3.15. The van der Waals surface area contributed by atoms with Gasteiger partial charge in [-0.25, -0.2) is 0 Å². The lowest BCUT2D eigenvalue weighted by Gasteiger charge is -2.28. The molecule has 5 N–H and O–H groups in total. The van der Waals surface area contributed by atoms with Crippen molar-refractivity contribution in [1.82, 2.24) is 4.90 Å². The fourth-order valence-electron chi connectivity index (χ4n) is 1.84. The van der Waals surface area contributed by atoms with Gasteiger partial charge in [0.15, 0.2) is 0 Å². The summed E-state index contributed by atoms with van der Waals surface area (Å²) >= 11 is 0. The monoisotopic (exact) mass is 299 g/mol. The lowest BCUT2D eigenvalue weighted by molar-refractivity contribution is -0.117. The average molecular weight is 299 g/mol. The number of carbonyl (C=O) groups excluding carboxylic acids is 1. The Labute approximate surface area is 122 Å². The van der Waals surface area contributed by atoms with Crippen LogP contribution in [0.4, 0.5) is 0 Å². The number of hydrogen-bond donors (Lipinski definition) is 5. The van der Waals surface area contributed by atoms with E-state index in [1.54, 1.807) is 30.3 Å². The summed E-state index contributed by atoms with van der Waals surface area (Å²) in [6, 6.07) is 8.40. The summed E-state index contributed by atoms with van der Waals surface area (Å²) < 4.78 is 0. The first-order valence-corrected chi connectivity index (χ1v) is 6.52. The molecule has 0 aliphatic heterocycles. The fraction of sp³-hybridized carbons (Fsp3) is 0.500. The predicted octanol–water partition coefficient (Wildman–Crippen LogP) is -1.81. The zero-order valence-electron chi connectivity index (χ0n) is 11.7. The van der Waals surface area contributed by atoms with E-state index < -0.39 is 31.0 Å². The Morgan fingerprint density at radius 2 is 1.57 bits per heavy atom. The summed E-state index contributed by atoms with van der Waals surface area (Å²) in [6.07, 6.45) is -6.41. The van der Waals surface area contributed by atoms with Gasteiger partial charge in [0.1, 0.15) is 24.4 Å². The summed E-state index contributed by atoms with van der Waals surface area (Å²) in [5.74, 6) is -0.348. The molecule has 7 heteroatoms. The van der Waals surface area contributed by atoms with E-state index in [9.17, 15) is 25.2 Å². The molecule has 21 heavy (non-hydrogen) atoms. The molecular formula is C14H21NO6. The highest BCUT2D eigenvalue weighted by Crippen LogP contribution is 2.09. The molecule has 0 fully saturated rings. The molecule has 7 nitrogen and oxygen atoms in total. The van der Waals surface area contributed by atoms with Crippen LogP contribution in [-0.4, -0.2) is 81.0 Å². The van der Waals surface area contributed by atoms with Crippen molar-refractivity contribution >= 4 is 5.91 Å². The van der Waals surface area contributed by atoms with Crippen LogP contribution >= 0.6 is 0 Å². The summed E-state index contributed by atoms with van der Waals surface area (Å²) in [7, 11) is 1.44. The van der Waals surface area contributed by atoms with Gasteiger partial charge in [-0.1, -0.05) is 18.2 Å². The van der Waals surface area contributed by atoms with Crippen LogP contribution < -0.4 is 0 Å². The van der Waals surface area contributed by atoms with Gasteiger partial charge in [-0.3, -0.25) is 4.79 Å². The summed E-state index contributed by atoms with van der Waals surface area (Å²) in [5, 5.41) is 46.9. The number of carbonyl (C=O) groups is 1. The van der Waals surface area contributed by atoms with Crippen molar-refractivity contribution in [3.8, 4) is 0 Å². The topological polar surface area (TPSA) is 121 Å². The van der Waals surface area contributed by atoms with Crippen molar-refractivity contribution in [2.45, 2.75) is 24.4 Å². The van der Waals surface area contributed by atoms with Crippen LogP contribution in [0.1, 0.15) is 10.4 Å². The molecular weight excluding hydrogens is 278 g/mol. The Bertz CT molecular complexity index is 440. The van der Waals surface area contributed by atoms with E-state index in [-0.39, 0.29) is 12.5 Å². The molecule has 0 aromatic heterocycles. The Balaban J connectivity index is 2.61. The van der Waals surface area contributed by atoms with Gasteiger partial charge in [0.05, 0.1) is 6.61 Å². The second-order valence-electron chi connectivity index (χ2n) is 4.85. The molecule has 1 amide bonds. The lowest BCUT2D eigenvalue weighted by atomic mass is 10.0. The maximum atomic E-state index is 12.0. The summed E-state index contributed by atoms with van der Waals surface area (Å²) in [5.41, 5.74) is 0.428. The van der Waals surface area contributed by atoms with E-state index in [4.69, 9.17) is 5.11 Å². The smallest absolute Gasteiger partial charge is 0.253 e. The van der Waals surface area contributed by atoms with E-state index in [0.717, 1.165) is 0 Å². The first kappa shape index (κ1) is 17.5. The van der Waals surface area contributed by atoms with Gasteiger partial charge in [-0.2, -0.15) is 0 Å². The highest BCUT2D eigenvalue weighted by Gasteiger charge is 2.31. The van der Waals surface area contributed by atoms with Crippen LogP contribution in [0.2, 0.25) is 0 Å². The van der Waals surface area contributed by atoms with Crippen LogP contribution in [0.15, 0.2) is 30.3 Å². The zero-order valence-corrected chi connectivity index (χ0v) is 11.7. The van der Waals surface area contributed by atoms with Gasteiger partial charge in [0.2, 0.25) is 0 Å². The number of benzene rings is 1. The number of amides is 1. The summed E-state index contributed by atoms with van der Waals surface area (Å²) in [6.45, 7) is -0.978. The van der Waals surface area contributed by atoms with Gasteiger partial charge in [-0.15, -0.1) is 0 Å². The predicted molar refractivity (Wildman–Crippen MR) is 74.5 cm³/mol. The highest BCUT2D eigenvalue weighted by atomic mass is 16.4. The Morgan fingerprint density at radius 1 is 1.05 bits per heavy atom. The molecule has 0 aliphatic rings. The van der Waals surface area contributed by atoms with Crippen molar-refractivity contribution in [3.63, 3.8) is 0 Å². The molecule has 0 aliphatic carbocycles. The first-order chi connectivity index (χ1) is 9.88. The average Bonchev–Trinajstić information content (AvgIpc) is 2.52. The number of hydrogen-bond acceptors (Lipinski definition) is 6. The maximum Gasteiger partial charge on any atom is 0.253 e. The van der Waals surface area contributed by atoms with Crippen LogP contribution in [0.25, 0.3) is 0 Å². The molecule has 0 spiro atoms. The number of aliphatic hydroxyl groups excluding tert-OH is 5. The minimum atomic E-state index is -1.70. The molecule has 0 bridgehead atoms. The Hall–Kier alpha value is -1.51. The van der Waals surface area contributed by atoms with Crippen molar-refractivity contribution in [3.05, 3.63) is 35.9 Å². The molecule has 1 aromatic carbocycles. The van der Waals surface area contributed by atoms with E-state index in [2.05, 4.69) is 0 Å². The van der Waals surface area contributed by atoms with E-state index in [0.29, 0.717) is 5.56 Å². The van der Waals surface area contributed by atoms with Crippen molar-refractivity contribution in [2.24, 2.45) is 0 Å². The van der Waals surface area contributed by atoms with Gasteiger partial charge in [0, 0.05) is 19.2 Å². The second-order valence-corrected chi connectivity index (χ2v) is 4.85. The van der Waals surface area contributed by atoms with Gasteiger partial charge >= 0.3 is 0 Å². The number of likely N-dealkylation sites (N-methyl/N-ethyl adjacent to an activating group) is 1. The first-order valence-electron chi connectivity index (χ1n) is 6.52. The molecule has 4 atom stereocenters. The Morgan fingerprint density at radius 3 is 2.10 bits per heavy atom. The van der Waals surface area contributed by atoms with Crippen LogP contribution in [0.3, 0.4) is 0 Å². The highest BCUT2D eigenvalue weighted by molar-refractivity contribution is 5.93. The van der Waals surface area contributed by atoms with Gasteiger partial charge < -0.3 is 30.4 Å². The fourth-order valence-corrected chi connectivity index (χ4v) is 1.84. The normalized spacial score (nSPS) is 16.9. The number of nitrogens with zero attached hydrogens (tertiary/aromatic N) is 1. The van der Waals surface area contributed by atoms with E-state index in [1.165, 1.54) is 11.9 Å². The molecule has 0 saturated carbocycles. The molecule has 0 saturated heterocycles. The lowest BCUT2D eigenvalue weighted by Crippen LogP contribution is -2.49. The molecule has 0 unspecified atom stereocenters. The van der Waals surface area contributed by atoms with Crippen LogP contribution in [-0.2, 0) is 0 Å². The second kappa shape index (κ2) is 8.06. The summed E-state index contributed by atoms with van der Waals surface area (Å²) in [4.78, 5) is 13.2. The minimum Gasteiger partial charge on any atom is -0.394 e. The molecule has 0 radical (unpaired) electrons. The quantitative estimate of drug-likeness (QED) is 0.405. The van der Waals surface area contributed by atoms with E-state index >= 15 is 0 Å². The van der Waals surface area contributed by atoms with Gasteiger partial charge in [-0.05, 0) is 12.1 Å². The molecule has 118 valence electrons.